The van der Waals surface area contributed by atoms with E-state index in [9.17, 15) is 8.42 Å². The van der Waals surface area contributed by atoms with Crippen LogP contribution in [0.2, 0.25) is 0 Å². The molecule has 0 bridgehead atoms. The molecule has 0 unspecified atom stereocenters. The number of anilines is 1. The molecule has 148 valence electrons. The van der Waals surface area contributed by atoms with Crippen molar-refractivity contribution in [2.75, 3.05) is 44.3 Å². The maximum absolute atomic E-state index is 11.6. The average molecular weight is 394 g/mol. The largest absolute Gasteiger partial charge is 0.369 e. The van der Waals surface area contributed by atoms with E-state index in [4.69, 9.17) is 10.7 Å². The van der Waals surface area contributed by atoms with Gasteiger partial charge in [-0.1, -0.05) is 0 Å². The zero-order chi connectivity index (χ0) is 19.0. The fourth-order valence-electron chi connectivity index (χ4n) is 4.20. The summed E-state index contributed by atoms with van der Waals surface area (Å²) in [5.74, 6) is 1.68. The van der Waals surface area contributed by atoms with Crippen molar-refractivity contribution in [2.24, 2.45) is 5.73 Å². The fourth-order valence-corrected chi connectivity index (χ4v) is 4.59. The number of nitrogens with zero attached hydrogens (tertiary/aromatic N) is 4. The van der Waals surface area contributed by atoms with Crippen molar-refractivity contribution in [3.05, 3.63) is 17.6 Å². The van der Waals surface area contributed by atoms with Crippen LogP contribution in [0.5, 0.6) is 0 Å². The lowest BCUT2D eigenvalue weighted by molar-refractivity contribution is 0.191. The highest BCUT2D eigenvalue weighted by Crippen LogP contribution is 2.34. The van der Waals surface area contributed by atoms with Crippen LogP contribution in [0.3, 0.4) is 0 Å². The second kappa shape index (κ2) is 7.34. The van der Waals surface area contributed by atoms with Gasteiger partial charge in [0.25, 0.3) is 0 Å². The van der Waals surface area contributed by atoms with Gasteiger partial charge >= 0.3 is 0 Å². The first-order chi connectivity index (χ1) is 13.0. The van der Waals surface area contributed by atoms with Crippen molar-refractivity contribution >= 4 is 26.9 Å². The molecule has 27 heavy (non-hydrogen) atoms. The Labute approximate surface area is 159 Å². The van der Waals surface area contributed by atoms with Gasteiger partial charge in [-0.05, 0) is 19.3 Å². The van der Waals surface area contributed by atoms with Crippen LogP contribution in [-0.4, -0.2) is 66.8 Å². The molecule has 0 amide bonds. The number of pyridine rings is 1. The molecule has 2 aromatic rings. The van der Waals surface area contributed by atoms with E-state index in [1.54, 1.807) is 6.20 Å². The molecular formula is C17H27N7O2S. The number of nitrogens with one attached hydrogen (secondary N) is 2. The minimum atomic E-state index is -3.29. The SMILES string of the molecule is CS(=O)(=O)NCc1nc2cnc3c(c2n1C1CCN(CCN)CC1)CCN3. The molecule has 0 aliphatic carbocycles. The molecule has 0 aromatic carbocycles. The molecule has 1 saturated heterocycles. The summed E-state index contributed by atoms with van der Waals surface area (Å²) >= 11 is 0. The number of rotatable bonds is 6. The summed E-state index contributed by atoms with van der Waals surface area (Å²) in [4.78, 5) is 11.6. The van der Waals surface area contributed by atoms with Crippen molar-refractivity contribution < 1.29 is 8.42 Å². The lowest BCUT2D eigenvalue weighted by atomic mass is 10.0. The molecule has 2 aromatic heterocycles. The van der Waals surface area contributed by atoms with Gasteiger partial charge in [-0.15, -0.1) is 0 Å². The van der Waals surface area contributed by atoms with Crippen molar-refractivity contribution in [3.8, 4) is 0 Å². The van der Waals surface area contributed by atoms with E-state index in [-0.39, 0.29) is 6.54 Å². The van der Waals surface area contributed by atoms with Gasteiger partial charge in [-0.2, -0.15) is 0 Å². The van der Waals surface area contributed by atoms with Gasteiger partial charge in [-0.3, -0.25) is 0 Å². The van der Waals surface area contributed by atoms with Crippen LogP contribution in [-0.2, 0) is 23.0 Å². The summed E-state index contributed by atoms with van der Waals surface area (Å²) in [5.41, 5.74) is 8.83. The van der Waals surface area contributed by atoms with Crippen LogP contribution in [0.1, 0.15) is 30.3 Å². The lowest BCUT2D eigenvalue weighted by Crippen LogP contribution is -2.38. The van der Waals surface area contributed by atoms with E-state index in [1.807, 2.05) is 0 Å². The van der Waals surface area contributed by atoms with Crippen LogP contribution >= 0.6 is 0 Å². The Morgan fingerprint density at radius 3 is 2.85 bits per heavy atom. The quantitative estimate of drug-likeness (QED) is 0.634. The second-order valence-corrected chi connectivity index (χ2v) is 9.18. The third kappa shape index (κ3) is 3.79. The predicted molar refractivity (Wildman–Crippen MR) is 105 cm³/mol. The molecule has 9 nitrogen and oxygen atoms in total. The summed E-state index contributed by atoms with van der Waals surface area (Å²) < 4.78 is 28.1. The summed E-state index contributed by atoms with van der Waals surface area (Å²) in [7, 11) is -3.29. The Kier molecular flexibility index (Phi) is 5.06. The maximum atomic E-state index is 11.6. The molecule has 2 aliphatic rings. The van der Waals surface area contributed by atoms with Crippen LogP contribution < -0.4 is 15.8 Å². The Hall–Kier alpha value is -1.75. The van der Waals surface area contributed by atoms with Gasteiger partial charge in [0, 0.05) is 44.3 Å². The number of sulfonamides is 1. The van der Waals surface area contributed by atoms with E-state index < -0.39 is 10.0 Å². The summed E-state index contributed by atoms with van der Waals surface area (Å²) in [6.45, 7) is 4.64. The molecule has 2 aliphatic heterocycles. The number of aromatic nitrogens is 3. The molecule has 0 radical (unpaired) electrons. The highest BCUT2D eigenvalue weighted by atomic mass is 32.2. The number of nitrogens with two attached hydrogens (primary N) is 1. The number of likely N-dealkylation sites (tertiary alicyclic amines) is 1. The van der Waals surface area contributed by atoms with Gasteiger partial charge in [0.1, 0.15) is 17.2 Å². The molecule has 0 saturated carbocycles. The maximum Gasteiger partial charge on any atom is 0.209 e. The standard InChI is InChI=1S/C17H27N7O2S/c1-27(25,26)21-11-15-22-14-10-20-17-13(2-6-19-17)16(14)24(15)12-3-7-23(8-4-12)9-5-18/h10,12,21H,2-9,11,18H2,1H3,(H,19,20). The molecule has 10 heteroatoms. The Morgan fingerprint density at radius 2 is 2.15 bits per heavy atom. The Bertz CT molecular complexity index is 932. The van der Waals surface area contributed by atoms with Gasteiger partial charge in [0.05, 0.1) is 24.5 Å². The van der Waals surface area contributed by atoms with Crippen LogP contribution in [0.4, 0.5) is 5.82 Å². The number of piperidine rings is 1. The third-order valence-electron chi connectivity index (χ3n) is 5.43. The van der Waals surface area contributed by atoms with Crippen LogP contribution in [0.15, 0.2) is 6.20 Å². The molecule has 4 rings (SSSR count). The molecule has 0 atom stereocenters. The highest BCUT2D eigenvalue weighted by Gasteiger charge is 2.28. The number of fused-ring (bicyclic) bond motifs is 3. The molecule has 4 N–H and O–H groups in total. The smallest absolute Gasteiger partial charge is 0.209 e. The molecule has 1 fully saturated rings. The number of hydrogen-bond acceptors (Lipinski definition) is 7. The summed E-state index contributed by atoms with van der Waals surface area (Å²) in [6, 6.07) is 0.299. The van der Waals surface area contributed by atoms with Gasteiger partial charge in [0.15, 0.2) is 0 Å². The minimum absolute atomic E-state index is 0.193. The van der Waals surface area contributed by atoms with E-state index in [1.165, 1.54) is 11.8 Å². The molecule has 0 spiro atoms. The Balaban J connectivity index is 1.73. The van der Waals surface area contributed by atoms with Crippen molar-refractivity contribution in [2.45, 2.75) is 31.8 Å². The van der Waals surface area contributed by atoms with Gasteiger partial charge in [-0.25, -0.2) is 23.1 Å². The first-order valence-electron chi connectivity index (χ1n) is 9.46. The fraction of sp³-hybridized carbons (Fsp3) is 0.647. The van der Waals surface area contributed by atoms with Crippen molar-refractivity contribution in [3.63, 3.8) is 0 Å². The van der Waals surface area contributed by atoms with E-state index in [2.05, 4.69) is 24.5 Å². The minimum Gasteiger partial charge on any atom is -0.369 e. The first kappa shape index (κ1) is 18.6. The van der Waals surface area contributed by atoms with Crippen molar-refractivity contribution in [1.82, 2.24) is 24.2 Å². The first-order valence-corrected chi connectivity index (χ1v) is 11.3. The van der Waals surface area contributed by atoms with Crippen LogP contribution in [0.25, 0.3) is 11.0 Å². The molecular weight excluding hydrogens is 366 g/mol. The zero-order valence-corrected chi connectivity index (χ0v) is 16.4. The monoisotopic (exact) mass is 393 g/mol. The number of hydrogen-bond donors (Lipinski definition) is 3. The molecule has 4 heterocycles. The zero-order valence-electron chi connectivity index (χ0n) is 15.6. The van der Waals surface area contributed by atoms with Crippen LogP contribution in [0, 0.1) is 0 Å². The summed E-state index contributed by atoms with van der Waals surface area (Å²) in [6.07, 6.45) is 5.88. The Morgan fingerprint density at radius 1 is 1.37 bits per heavy atom. The highest BCUT2D eigenvalue weighted by molar-refractivity contribution is 7.88. The van der Waals surface area contributed by atoms with Crippen molar-refractivity contribution in [1.29, 1.82) is 0 Å². The number of imidazole rings is 1. The lowest BCUT2D eigenvalue weighted by Gasteiger charge is -2.33. The topological polar surface area (TPSA) is 118 Å². The van der Waals surface area contributed by atoms with Gasteiger partial charge in [0.2, 0.25) is 10.0 Å². The second-order valence-electron chi connectivity index (χ2n) is 7.35. The average Bonchev–Trinajstić information content (AvgIpc) is 3.24. The predicted octanol–water partition coefficient (Wildman–Crippen LogP) is 0.0441. The van der Waals surface area contributed by atoms with E-state index in [0.29, 0.717) is 12.6 Å². The normalized spacial score (nSPS) is 18.7. The van der Waals surface area contributed by atoms with E-state index >= 15 is 0 Å². The van der Waals surface area contributed by atoms with Gasteiger partial charge < -0.3 is 20.5 Å². The third-order valence-corrected chi connectivity index (χ3v) is 6.09. The summed E-state index contributed by atoms with van der Waals surface area (Å²) in [5, 5.41) is 3.33. The van der Waals surface area contributed by atoms with E-state index in [0.717, 1.165) is 68.1 Å².